The molecule has 1 heteroatoms. The second-order valence-corrected chi connectivity index (χ2v) is 9.53. The van der Waals surface area contributed by atoms with E-state index in [1.807, 2.05) is 0 Å². The van der Waals surface area contributed by atoms with Crippen LogP contribution in [0.5, 0.6) is 0 Å². The van der Waals surface area contributed by atoms with E-state index in [1.165, 1.54) is 38.9 Å². The van der Waals surface area contributed by atoms with E-state index in [0.29, 0.717) is 0 Å². The van der Waals surface area contributed by atoms with E-state index in [1.54, 1.807) is 0 Å². The number of hydrogen-bond acceptors (Lipinski definition) is 1. The summed E-state index contributed by atoms with van der Waals surface area (Å²) >= 11 is 0. The molecule has 0 unspecified atom stereocenters. The fourth-order valence-electron chi connectivity index (χ4n) is 5.04. The molecule has 6 rings (SSSR count). The summed E-state index contributed by atoms with van der Waals surface area (Å²) in [7, 11) is 0. The van der Waals surface area contributed by atoms with E-state index in [-0.39, 0.29) is 0 Å². The molecule has 0 atom stereocenters. The van der Waals surface area contributed by atoms with Gasteiger partial charge in [0.2, 0.25) is 0 Å². The Balaban J connectivity index is 1.41. The van der Waals surface area contributed by atoms with Gasteiger partial charge in [0.1, 0.15) is 0 Å². The van der Waals surface area contributed by atoms with Gasteiger partial charge in [-0.15, -0.1) is 0 Å². The fourth-order valence-corrected chi connectivity index (χ4v) is 5.04. The number of rotatable bonds is 6. The molecule has 0 heterocycles. The van der Waals surface area contributed by atoms with E-state index in [0.717, 1.165) is 17.1 Å². The van der Waals surface area contributed by atoms with Crippen LogP contribution in [0.25, 0.3) is 33.4 Å². The minimum absolute atomic E-state index is 1.13. The summed E-state index contributed by atoms with van der Waals surface area (Å²) in [5.74, 6) is 0. The zero-order chi connectivity index (χ0) is 25.7. The molecule has 38 heavy (non-hydrogen) atoms. The quantitative estimate of drug-likeness (QED) is 0.226. The molecule has 0 saturated heterocycles. The maximum Gasteiger partial charge on any atom is 0.0464 e. The molecule has 0 N–H and O–H groups in total. The van der Waals surface area contributed by atoms with E-state index in [4.69, 9.17) is 0 Å². The fraction of sp³-hybridized carbons (Fsp3) is 0.0270. The minimum Gasteiger partial charge on any atom is -0.310 e. The Labute approximate surface area is 225 Å². The van der Waals surface area contributed by atoms with Crippen molar-refractivity contribution in [3.8, 4) is 33.4 Å². The van der Waals surface area contributed by atoms with Crippen LogP contribution >= 0.6 is 0 Å². The first-order chi connectivity index (χ1) is 18.8. The molecule has 0 radical (unpaired) electrons. The van der Waals surface area contributed by atoms with Crippen molar-refractivity contribution in [3.05, 3.63) is 163 Å². The van der Waals surface area contributed by atoms with Gasteiger partial charge in [-0.05, 0) is 82.3 Å². The molecule has 6 aromatic carbocycles. The van der Waals surface area contributed by atoms with Gasteiger partial charge in [-0.2, -0.15) is 0 Å². The summed E-state index contributed by atoms with van der Waals surface area (Å²) in [6.45, 7) is 2.20. The number of aryl methyl sites for hydroxylation is 1. The van der Waals surface area contributed by atoms with Gasteiger partial charge in [0.05, 0.1) is 0 Å². The van der Waals surface area contributed by atoms with E-state index < -0.39 is 0 Å². The van der Waals surface area contributed by atoms with Crippen LogP contribution in [0.4, 0.5) is 17.1 Å². The Hall–Kier alpha value is -4.88. The van der Waals surface area contributed by atoms with Gasteiger partial charge >= 0.3 is 0 Å². The van der Waals surface area contributed by atoms with Gasteiger partial charge in [-0.3, -0.25) is 0 Å². The molecule has 6 aromatic rings. The van der Waals surface area contributed by atoms with E-state index in [2.05, 4.69) is 170 Å². The Morgan fingerprint density at radius 1 is 0.342 bits per heavy atom. The summed E-state index contributed by atoms with van der Waals surface area (Å²) < 4.78 is 0. The van der Waals surface area contributed by atoms with Gasteiger partial charge < -0.3 is 4.90 Å². The Kier molecular flexibility index (Phi) is 6.57. The highest BCUT2D eigenvalue weighted by atomic mass is 15.1. The minimum atomic E-state index is 1.13. The predicted molar refractivity (Wildman–Crippen MR) is 162 cm³/mol. The summed E-state index contributed by atoms with van der Waals surface area (Å²) in [5.41, 5.74) is 12.0. The van der Waals surface area contributed by atoms with Crippen LogP contribution < -0.4 is 4.90 Å². The van der Waals surface area contributed by atoms with Gasteiger partial charge in [0.25, 0.3) is 0 Å². The van der Waals surface area contributed by atoms with Crippen molar-refractivity contribution in [2.75, 3.05) is 4.90 Å². The Bertz CT molecular complexity index is 1540. The number of anilines is 3. The van der Waals surface area contributed by atoms with Crippen LogP contribution in [0.3, 0.4) is 0 Å². The number of nitrogens with zero attached hydrogens (tertiary/aromatic N) is 1. The monoisotopic (exact) mass is 487 g/mol. The van der Waals surface area contributed by atoms with Gasteiger partial charge in [-0.1, -0.05) is 121 Å². The summed E-state index contributed by atoms with van der Waals surface area (Å²) in [6, 6.07) is 56.1. The second kappa shape index (κ2) is 10.6. The third kappa shape index (κ3) is 4.87. The molecule has 0 aromatic heterocycles. The third-order valence-electron chi connectivity index (χ3n) is 7.02. The molecule has 0 amide bonds. The number of benzene rings is 6. The van der Waals surface area contributed by atoms with Crippen molar-refractivity contribution in [2.45, 2.75) is 6.92 Å². The lowest BCUT2D eigenvalue weighted by Crippen LogP contribution is -2.10. The van der Waals surface area contributed by atoms with Crippen molar-refractivity contribution >= 4 is 17.1 Å². The first kappa shape index (κ1) is 23.5. The highest BCUT2D eigenvalue weighted by Gasteiger charge is 2.15. The first-order valence-electron chi connectivity index (χ1n) is 13.0. The van der Waals surface area contributed by atoms with Gasteiger partial charge in [-0.25, -0.2) is 0 Å². The summed E-state index contributed by atoms with van der Waals surface area (Å²) in [6.07, 6.45) is 0. The van der Waals surface area contributed by atoms with Crippen LogP contribution in [0.15, 0.2) is 158 Å². The molecule has 0 aliphatic heterocycles. The maximum atomic E-state index is 2.34. The molecule has 0 fully saturated rings. The standard InChI is InChI=1S/C37H29N/c1-28-27-36(25-26-37(28)33-15-9-4-10-16-33)38(34-21-17-31(18-22-34)29-11-5-2-6-12-29)35-23-19-32(20-24-35)30-13-7-3-8-14-30/h2-27H,1H3. The van der Waals surface area contributed by atoms with Crippen molar-refractivity contribution in [3.63, 3.8) is 0 Å². The lowest BCUT2D eigenvalue weighted by atomic mass is 9.99. The van der Waals surface area contributed by atoms with Crippen molar-refractivity contribution in [2.24, 2.45) is 0 Å². The van der Waals surface area contributed by atoms with Crippen LogP contribution in [-0.2, 0) is 0 Å². The normalized spacial score (nSPS) is 10.8. The Morgan fingerprint density at radius 2 is 0.711 bits per heavy atom. The zero-order valence-corrected chi connectivity index (χ0v) is 21.5. The Morgan fingerprint density at radius 3 is 1.13 bits per heavy atom. The summed E-state index contributed by atoms with van der Waals surface area (Å²) in [4.78, 5) is 2.34. The van der Waals surface area contributed by atoms with Crippen LogP contribution in [0.1, 0.15) is 5.56 Å². The van der Waals surface area contributed by atoms with Crippen molar-refractivity contribution in [1.29, 1.82) is 0 Å². The molecule has 1 nitrogen and oxygen atoms in total. The number of hydrogen-bond donors (Lipinski definition) is 0. The topological polar surface area (TPSA) is 3.24 Å². The van der Waals surface area contributed by atoms with Crippen molar-refractivity contribution in [1.82, 2.24) is 0 Å². The van der Waals surface area contributed by atoms with Crippen molar-refractivity contribution < 1.29 is 0 Å². The SMILES string of the molecule is Cc1cc(N(c2ccc(-c3ccccc3)cc2)c2ccc(-c3ccccc3)cc2)ccc1-c1ccccc1. The van der Waals surface area contributed by atoms with Crippen LogP contribution in [0, 0.1) is 6.92 Å². The smallest absolute Gasteiger partial charge is 0.0464 e. The van der Waals surface area contributed by atoms with Gasteiger partial charge in [0.15, 0.2) is 0 Å². The zero-order valence-electron chi connectivity index (χ0n) is 21.5. The molecule has 0 spiro atoms. The molecule has 0 aliphatic carbocycles. The summed E-state index contributed by atoms with van der Waals surface area (Å²) in [5, 5.41) is 0. The van der Waals surface area contributed by atoms with E-state index >= 15 is 0 Å². The lowest BCUT2D eigenvalue weighted by molar-refractivity contribution is 1.27. The molecular weight excluding hydrogens is 458 g/mol. The third-order valence-corrected chi connectivity index (χ3v) is 7.02. The van der Waals surface area contributed by atoms with E-state index in [9.17, 15) is 0 Å². The molecule has 0 saturated carbocycles. The average Bonchev–Trinajstić information content (AvgIpc) is 2.99. The van der Waals surface area contributed by atoms with Crippen LogP contribution in [0.2, 0.25) is 0 Å². The van der Waals surface area contributed by atoms with Crippen LogP contribution in [-0.4, -0.2) is 0 Å². The first-order valence-corrected chi connectivity index (χ1v) is 13.0. The predicted octanol–water partition coefficient (Wildman–Crippen LogP) is 10.5. The second-order valence-electron chi connectivity index (χ2n) is 9.53. The molecule has 0 aliphatic rings. The average molecular weight is 488 g/mol. The van der Waals surface area contributed by atoms with Gasteiger partial charge in [0, 0.05) is 17.1 Å². The molecule has 0 bridgehead atoms. The lowest BCUT2D eigenvalue weighted by Gasteiger charge is -2.27. The maximum absolute atomic E-state index is 2.34. The highest BCUT2D eigenvalue weighted by molar-refractivity contribution is 5.82. The molecule has 182 valence electrons. The largest absolute Gasteiger partial charge is 0.310 e. The highest BCUT2D eigenvalue weighted by Crippen LogP contribution is 2.38. The molecular formula is C37H29N.